The summed E-state index contributed by atoms with van der Waals surface area (Å²) in [6.07, 6.45) is 6.63. The number of carbonyl (C=O) groups excluding carboxylic acids is 2. The van der Waals surface area contributed by atoms with E-state index in [-0.39, 0.29) is 24.5 Å². The van der Waals surface area contributed by atoms with Gasteiger partial charge in [0, 0.05) is 31.6 Å². The van der Waals surface area contributed by atoms with E-state index in [4.69, 9.17) is 4.84 Å². The Kier molecular flexibility index (Phi) is 7.14. The highest BCUT2D eigenvalue weighted by atomic mass is 16.7. The predicted octanol–water partition coefficient (Wildman–Crippen LogP) is 0.922. The van der Waals surface area contributed by atoms with Crippen LogP contribution >= 0.6 is 0 Å². The van der Waals surface area contributed by atoms with Crippen LogP contribution in [0.15, 0.2) is 36.6 Å². The second kappa shape index (κ2) is 8.85. The summed E-state index contributed by atoms with van der Waals surface area (Å²) < 4.78 is 4.42. The van der Waals surface area contributed by atoms with Crippen molar-refractivity contribution in [3.8, 4) is 0 Å². The van der Waals surface area contributed by atoms with Crippen molar-refractivity contribution in [1.29, 1.82) is 0 Å². The highest BCUT2D eigenvalue weighted by Gasteiger charge is 2.26. The molecular formula is C14H22N4O4. The minimum atomic E-state index is -0.689. The molecule has 0 saturated carbocycles. The number of carbonyl (C=O) groups is 2. The SMILES string of the molecule is C=CC1C=CC=C(NC(=O)N(C)NC)C1CONC(=O)OC. The van der Waals surface area contributed by atoms with Gasteiger partial charge in [0.1, 0.15) is 0 Å². The van der Waals surface area contributed by atoms with Gasteiger partial charge >= 0.3 is 12.1 Å². The zero-order valence-electron chi connectivity index (χ0n) is 13.0. The van der Waals surface area contributed by atoms with E-state index in [2.05, 4.69) is 27.5 Å². The van der Waals surface area contributed by atoms with Crippen LogP contribution in [0.2, 0.25) is 0 Å². The lowest BCUT2D eigenvalue weighted by molar-refractivity contribution is 0.0170. The number of ether oxygens (including phenoxy) is 1. The fourth-order valence-electron chi connectivity index (χ4n) is 1.87. The normalized spacial score (nSPS) is 19.9. The number of nitrogens with zero attached hydrogens (tertiary/aromatic N) is 1. The number of hydrogen-bond donors (Lipinski definition) is 3. The van der Waals surface area contributed by atoms with Crippen molar-refractivity contribution in [2.75, 3.05) is 27.8 Å². The summed E-state index contributed by atoms with van der Waals surface area (Å²) in [6, 6.07) is -0.308. The van der Waals surface area contributed by atoms with E-state index in [0.29, 0.717) is 5.70 Å². The van der Waals surface area contributed by atoms with Crippen molar-refractivity contribution in [2.24, 2.45) is 11.8 Å². The average molecular weight is 310 g/mol. The third-order valence-electron chi connectivity index (χ3n) is 3.24. The van der Waals surface area contributed by atoms with Crippen LogP contribution in [0, 0.1) is 11.8 Å². The van der Waals surface area contributed by atoms with Crippen LogP contribution in [0.4, 0.5) is 9.59 Å². The molecule has 8 nitrogen and oxygen atoms in total. The Bertz CT molecular complexity index is 475. The molecule has 22 heavy (non-hydrogen) atoms. The number of hydroxylamine groups is 1. The number of methoxy groups -OCH3 is 1. The van der Waals surface area contributed by atoms with E-state index in [1.54, 1.807) is 26.2 Å². The lowest BCUT2D eigenvalue weighted by Crippen LogP contribution is -2.45. The predicted molar refractivity (Wildman–Crippen MR) is 81.2 cm³/mol. The summed E-state index contributed by atoms with van der Waals surface area (Å²) in [6.45, 7) is 3.94. The van der Waals surface area contributed by atoms with E-state index >= 15 is 0 Å². The molecule has 8 heteroatoms. The number of rotatable bonds is 6. The molecule has 0 spiro atoms. The third-order valence-corrected chi connectivity index (χ3v) is 3.24. The minimum absolute atomic E-state index is 0.0281. The Morgan fingerprint density at radius 2 is 2.23 bits per heavy atom. The lowest BCUT2D eigenvalue weighted by Gasteiger charge is -2.28. The monoisotopic (exact) mass is 310 g/mol. The highest BCUT2D eigenvalue weighted by molar-refractivity contribution is 5.75. The van der Waals surface area contributed by atoms with Crippen molar-refractivity contribution in [3.63, 3.8) is 0 Å². The fourth-order valence-corrected chi connectivity index (χ4v) is 1.87. The maximum atomic E-state index is 11.9. The van der Waals surface area contributed by atoms with Crippen LogP contribution in [0.5, 0.6) is 0 Å². The van der Waals surface area contributed by atoms with Gasteiger partial charge in [-0.3, -0.25) is 9.85 Å². The topological polar surface area (TPSA) is 91.9 Å². The van der Waals surface area contributed by atoms with Gasteiger partial charge in [0.25, 0.3) is 0 Å². The van der Waals surface area contributed by atoms with Crippen molar-refractivity contribution in [2.45, 2.75) is 0 Å². The van der Waals surface area contributed by atoms with Gasteiger partial charge < -0.3 is 10.1 Å². The largest absolute Gasteiger partial charge is 0.451 e. The van der Waals surface area contributed by atoms with E-state index in [9.17, 15) is 9.59 Å². The first kappa shape index (κ1) is 17.7. The zero-order chi connectivity index (χ0) is 16.5. The first-order valence-corrected chi connectivity index (χ1v) is 6.72. The lowest BCUT2D eigenvalue weighted by atomic mass is 9.86. The molecule has 0 aromatic rings. The summed E-state index contributed by atoms with van der Waals surface area (Å²) in [5, 5.41) is 4.11. The van der Waals surface area contributed by atoms with Crippen molar-refractivity contribution in [3.05, 3.63) is 36.6 Å². The average Bonchev–Trinajstić information content (AvgIpc) is 2.54. The number of nitrogens with one attached hydrogen (secondary N) is 3. The molecule has 2 unspecified atom stereocenters. The van der Waals surface area contributed by atoms with Crippen molar-refractivity contribution < 1.29 is 19.2 Å². The van der Waals surface area contributed by atoms with Crippen LogP contribution in [0.3, 0.4) is 0 Å². The molecule has 0 heterocycles. The Balaban J connectivity index is 2.71. The first-order chi connectivity index (χ1) is 10.5. The number of allylic oxidation sites excluding steroid dienone is 4. The maximum Gasteiger partial charge on any atom is 0.431 e. The summed E-state index contributed by atoms with van der Waals surface area (Å²) in [4.78, 5) is 28.1. The smallest absolute Gasteiger partial charge is 0.431 e. The Hall–Kier alpha value is -2.32. The van der Waals surface area contributed by atoms with Crippen LogP contribution in [0.1, 0.15) is 0 Å². The van der Waals surface area contributed by atoms with Gasteiger partial charge in [-0.2, -0.15) is 5.48 Å². The Labute approximate surface area is 129 Å². The van der Waals surface area contributed by atoms with Gasteiger partial charge in [0.05, 0.1) is 13.7 Å². The molecule has 0 bridgehead atoms. The molecule has 0 radical (unpaired) electrons. The van der Waals surface area contributed by atoms with Gasteiger partial charge in [-0.05, 0) is 6.08 Å². The Morgan fingerprint density at radius 3 is 2.82 bits per heavy atom. The number of hydrogen-bond acceptors (Lipinski definition) is 5. The second-order valence-corrected chi connectivity index (χ2v) is 4.54. The molecule has 1 aliphatic carbocycles. The molecule has 1 rings (SSSR count). The summed E-state index contributed by atoms with van der Waals surface area (Å²) >= 11 is 0. The van der Waals surface area contributed by atoms with Crippen molar-refractivity contribution >= 4 is 12.1 Å². The molecule has 0 fully saturated rings. The molecular weight excluding hydrogens is 288 g/mol. The third kappa shape index (κ3) is 4.90. The Morgan fingerprint density at radius 1 is 1.50 bits per heavy atom. The van der Waals surface area contributed by atoms with E-state index in [1.165, 1.54) is 12.1 Å². The first-order valence-electron chi connectivity index (χ1n) is 6.72. The van der Waals surface area contributed by atoms with Gasteiger partial charge in [0.15, 0.2) is 0 Å². The number of amides is 3. The van der Waals surface area contributed by atoms with Crippen molar-refractivity contribution in [1.82, 2.24) is 21.2 Å². The molecule has 3 N–H and O–H groups in total. The van der Waals surface area contributed by atoms with Crippen LogP contribution in [0.25, 0.3) is 0 Å². The molecule has 1 aliphatic rings. The zero-order valence-corrected chi connectivity index (χ0v) is 13.0. The van der Waals surface area contributed by atoms with Gasteiger partial charge in [-0.25, -0.2) is 15.0 Å². The molecule has 122 valence electrons. The van der Waals surface area contributed by atoms with E-state index in [0.717, 1.165) is 0 Å². The van der Waals surface area contributed by atoms with E-state index < -0.39 is 6.09 Å². The summed E-state index contributed by atoms with van der Waals surface area (Å²) in [5.74, 6) is -0.214. The number of urea groups is 1. The number of hydrazine groups is 1. The standard InChI is InChI=1S/C14H22N4O4/c1-5-10-7-6-8-12(16-13(19)18(3)15-2)11(10)9-22-17-14(20)21-4/h5-8,10-11,15H,1,9H2,2-4H3,(H,16,19)(H,17,20). The van der Waals surface area contributed by atoms with Crippen LogP contribution < -0.4 is 16.2 Å². The fraction of sp³-hybridized carbons (Fsp3) is 0.429. The summed E-state index contributed by atoms with van der Waals surface area (Å²) in [5.41, 5.74) is 5.53. The maximum absolute atomic E-state index is 11.9. The molecule has 0 aliphatic heterocycles. The second-order valence-electron chi connectivity index (χ2n) is 4.54. The highest BCUT2D eigenvalue weighted by Crippen LogP contribution is 2.26. The molecule has 0 aromatic carbocycles. The molecule has 0 aromatic heterocycles. The van der Waals surface area contributed by atoms with Crippen LogP contribution in [-0.4, -0.2) is 44.9 Å². The van der Waals surface area contributed by atoms with Gasteiger partial charge in [-0.15, -0.1) is 6.58 Å². The van der Waals surface area contributed by atoms with E-state index in [1.807, 2.05) is 12.2 Å². The molecule has 0 saturated heterocycles. The minimum Gasteiger partial charge on any atom is -0.451 e. The quantitative estimate of drug-likeness (QED) is 0.501. The van der Waals surface area contributed by atoms with Crippen LogP contribution in [-0.2, 0) is 9.57 Å². The van der Waals surface area contributed by atoms with Gasteiger partial charge in [0.2, 0.25) is 0 Å². The molecule has 3 amide bonds. The summed E-state index contributed by atoms with van der Waals surface area (Å²) in [7, 11) is 4.49. The van der Waals surface area contributed by atoms with Gasteiger partial charge in [-0.1, -0.05) is 18.2 Å². The molecule has 2 atom stereocenters.